The minimum Gasteiger partial charge on any atom is -0.495 e. The van der Waals surface area contributed by atoms with Crippen LogP contribution < -0.4 is 10.1 Å². The quantitative estimate of drug-likeness (QED) is 0.599. The van der Waals surface area contributed by atoms with Crippen LogP contribution in [0.5, 0.6) is 5.75 Å². The van der Waals surface area contributed by atoms with Gasteiger partial charge in [-0.25, -0.2) is 12.7 Å². The van der Waals surface area contributed by atoms with E-state index in [2.05, 4.69) is 10.4 Å². The lowest BCUT2D eigenvalue weighted by Crippen LogP contribution is -2.22. The van der Waals surface area contributed by atoms with Gasteiger partial charge in [-0.05, 0) is 29.8 Å². The smallest absolute Gasteiger partial charge is 0.258 e. The average molecular weight is 449 g/mol. The second-order valence-electron chi connectivity index (χ2n) is 6.62. The van der Waals surface area contributed by atoms with E-state index < -0.39 is 15.9 Å². The number of aromatic nitrogens is 2. The number of ether oxygens (including phenoxy) is 1. The van der Waals surface area contributed by atoms with Crippen molar-refractivity contribution in [3.8, 4) is 5.75 Å². The molecule has 0 bridgehead atoms. The first-order valence-corrected chi connectivity index (χ1v) is 10.7. The maximum atomic E-state index is 12.7. The summed E-state index contributed by atoms with van der Waals surface area (Å²) < 4.78 is 32.7. The van der Waals surface area contributed by atoms with Gasteiger partial charge in [-0.1, -0.05) is 29.8 Å². The van der Waals surface area contributed by atoms with Gasteiger partial charge < -0.3 is 10.1 Å². The van der Waals surface area contributed by atoms with Crippen molar-refractivity contribution in [2.45, 2.75) is 11.4 Å². The van der Waals surface area contributed by atoms with Crippen LogP contribution in [0.3, 0.4) is 0 Å². The molecule has 10 heteroatoms. The van der Waals surface area contributed by atoms with Crippen LogP contribution >= 0.6 is 11.6 Å². The van der Waals surface area contributed by atoms with Crippen LogP contribution in [-0.4, -0.2) is 49.6 Å². The predicted octanol–water partition coefficient (Wildman–Crippen LogP) is 3.10. The lowest BCUT2D eigenvalue weighted by atomic mass is 10.2. The van der Waals surface area contributed by atoms with Crippen molar-refractivity contribution in [3.05, 3.63) is 71.0 Å². The topological polar surface area (TPSA) is 93.5 Å². The number of benzene rings is 2. The Balaban J connectivity index is 1.82. The largest absolute Gasteiger partial charge is 0.495 e. The predicted molar refractivity (Wildman–Crippen MR) is 115 cm³/mol. The fourth-order valence-corrected chi connectivity index (χ4v) is 3.84. The van der Waals surface area contributed by atoms with Gasteiger partial charge in [0, 0.05) is 25.3 Å². The zero-order valence-corrected chi connectivity index (χ0v) is 18.2. The van der Waals surface area contributed by atoms with Gasteiger partial charge in [0.2, 0.25) is 10.0 Å². The lowest BCUT2D eigenvalue weighted by molar-refractivity contribution is 0.102. The zero-order valence-electron chi connectivity index (χ0n) is 16.7. The third-order valence-electron chi connectivity index (χ3n) is 4.38. The number of halogens is 1. The Morgan fingerprint density at radius 1 is 1.23 bits per heavy atom. The molecule has 0 aliphatic carbocycles. The van der Waals surface area contributed by atoms with Crippen molar-refractivity contribution < 1.29 is 17.9 Å². The third-order valence-corrected chi connectivity index (χ3v) is 6.56. The Kier molecular flexibility index (Phi) is 6.45. The molecule has 0 spiro atoms. The molecule has 0 saturated heterocycles. The van der Waals surface area contributed by atoms with E-state index in [-0.39, 0.29) is 10.6 Å². The van der Waals surface area contributed by atoms with Gasteiger partial charge in [-0.2, -0.15) is 5.10 Å². The Morgan fingerprint density at radius 2 is 1.97 bits per heavy atom. The van der Waals surface area contributed by atoms with E-state index in [0.717, 1.165) is 9.87 Å². The fourth-order valence-electron chi connectivity index (χ4n) is 2.72. The highest BCUT2D eigenvalue weighted by Gasteiger charge is 2.20. The number of anilines is 1. The molecule has 158 valence electrons. The standard InChI is InChI=1S/C20H21ClN4O4S/c1-24(2)30(27,28)16-8-9-19(29-3)18(10-16)23-20(26)15-11-22-25(13-15)12-14-6-4-5-7-17(14)21/h4-11,13H,12H2,1-3H3,(H,23,26). The van der Waals surface area contributed by atoms with Gasteiger partial charge in [0.15, 0.2) is 0 Å². The number of carbonyl (C=O) groups is 1. The van der Waals surface area contributed by atoms with E-state index in [9.17, 15) is 13.2 Å². The molecule has 1 aromatic heterocycles. The van der Waals surface area contributed by atoms with Crippen LogP contribution in [0.25, 0.3) is 0 Å². The van der Waals surface area contributed by atoms with Crippen LogP contribution in [0.1, 0.15) is 15.9 Å². The van der Waals surface area contributed by atoms with E-state index >= 15 is 0 Å². The molecule has 0 aliphatic rings. The maximum absolute atomic E-state index is 12.7. The summed E-state index contributed by atoms with van der Waals surface area (Å²) in [5.41, 5.74) is 1.42. The van der Waals surface area contributed by atoms with E-state index in [0.29, 0.717) is 22.9 Å². The molecule has 0 atom stereocenters. The number of carbonyl (C=O) groups excluding carboxylic acids is 1. The third kappa shape index (κ3) is 4.64. The van der Waals surface area contributed by atoms with Gasteiger partial charge in [0.25, 0.3) is 5.91 Å². The molecule has 2 aromatic carbocycles. The monoisotopic (exact) mass is 448 g/mol. The number of hydrogen-bond acceptors (Lipinski definition) is 5. The van der Waals surface area contributed by atoms with Crippen LogP contribution in [0, 0.1) is 0 Å². The summed E-state index contributed by atoms with van der Waals surface area (Å²) in [6.45, 7) is 0.410. The highest BCUT2D eigenvalue weighted by atomic mass is 35.5. The minimum absolute atomic E-state index is 0.0398. The fraction of sp³-hybridized carbons (Fsp3) is 0.200. The Labute approximate surface area is 180 Å². The number of rotatable bonds is 7. The van der Waals surface area contributed by atoms with Crippen molar-refractivity contribution in [1.82, 2.24) is 14.1 Å². The number of nitrogens with zero attached hydrogens (tertiary/aromatic N) is 3. The summed E-state index contributed by atoms with van der Waals surface area (Å²) in [4.78, 5) is 12.7. The SMILES string of the molecule is COc1ccc(S(=O)(=O)N(C)C)cc1NC(=O)c1cnn(Cc2ccccc2Cl)c1. The molecule has 0 fully saturated rings. The number of methoxy groups -OCH3 is 1. The number of hydrogen-bond donors (Lipinski definition) is 1. The lowest BCUT2D eigenvalue weighted by Gasteiger charge is -2.15. The number of nitrogens with one attached hydrogen (secondary N) is 1. The Hall–Kier alpha value is -2.88. The van der Waals surface area contributed by atoms with Crippen molar-refractivity contribution in [1.29, 1.82) is 0 Å². The summed E-state index contributed by atoms with van der Waals surface area (Å²) in [5.74, 6) is -0.109. The molecule has 0 saturated carbocycles. The number of amides is 1. The summed E-state index contributed by atoms with van der Waals surface area (Å²) in [6, 6.07) is 11.7. The van der Waals surface area contributed by atoms with Gasteiger partial charge in [-0.15, -0.1) is 0 Å². The second kappa shape index (κ2) is 8.86. The summed E-state index contributed by atoms with van der Waals surface area (Å²) in [5, 5.41) is 7.51. The van der Waals surface area contributed by atoms with Gasteiger partial charge in [0.05, 0.1) is 36.0 Å². The summed E-state index contributed by atoms with van der Waals surface area (Å²) in [6.07, 6.45) is 3.02. The van der Waals surface area contributed by atoms with Gasteiger partial charge in [-0.3, -0.25) is 9.48 Å². The molecular weight excluding hydrogens is 428 g/mol. The molecule has 3 rings (SSSR count). The first-order chi connectivity index (χ1) is 14.2. The first-order valence-electron chi connectivity index (χ1n) is 8.90. The molecule has 0 unspecified atom stereocenters. The molecule has 1 heterocycles. The molecule has 30 heavy (non-hydrogen) atoms. The van der Waals surface area contributed by atoms with E-state index in [1.165, 1.54) is 45.6 Å². The second-order valence-corrected chi connectivity index (χ2v) is 9.18. The van der Waals surface area contributed by atoms with Crippen LogP contribution in [0.15, 0.2) is 59.8 Å². The first kappa shape index (κ1) is 21.8. The molecule has 1 N–H and O–H groups in total. The van der Waals surface area contributed by atoms with Gasteiger partial charge in [0.1, 0.15) is 5.75 Å². The maximum Gasteiger partial charge on any atom is 0.258 e. The normalized spacial score (nSPS) is 11.5. The van der Waals surface area contributed by atoms with Crippen molar-refractivity contribution in [2.24, 2.45) is 0 Å². The van der Waals surface area contributed by atoms with Crippen LogP contribution in [-0.2, 0) is 16.6 Å². The zero-order chi connectivity index (χ0) is 21.9. The van der Waals surface area contributed by atoms with Crippen LogP contribution in [0.2, 0.25) is 5.02 Å². The molecule has 0 radical (unpaired) electrons. The Bertz CT molecular complexity index is 1180. The molecule has 0 aliphatic heterocycles. The molecule has 1 amide bonds. The molecule has 8 nitrogen and oxygen atoms in total. The summed E-state index contributed by atoms with van der Waals surface area (Å²) >= 11 is 6.17. The number of sulfonamides is 1. The van der Waals surface area contributed by atoms with Gasteiger partial charge >= 0.3 is 0 Å². The minimum atomic E-state index is -3.66. The van der Waals surface area contributed by atoms with Crippen LogP contribution in [0.4, 0.5) is 5.69 Å². The highest BCUT2D eigenvalue weighted by Crippen LogP contribution is 2.29. The highest BCUT2D eigenvalue weighted by molar-refractivity contribution is 7.89. The van der Waals surface area contributed by atoms with Crippen molar-refractivity contribution in [2.75, 3.05) is 26.5 Å². The van der Waals surface area contributed by atoms with E-state index in [4.69, 9.17) is 16.3 Å². The molecular formula is C20H21ClN4O4S. The van der Waals surface area contributed by atoms with Crippen molar-refractivity contribution >= 4 is 33.2 Å². The van der Waals surface area contributed by atoms with E-state index in [1.54, 1.807) is 16.9 Å². The average Bonchev–Trinajstić information content (AvgIpc) is 3.18. The van der Waals surface area contributed by atoms with Crippen molar-refractivity contribution in [3.63, 3.8) is 0 Å². The Morgan fingerprint density at radius 3 is 2.63 bits per heavy atom. The summed E-state index contributed by atoms with van der Waals surface area (Å²) in [7, 11) is 0.647. The van der Waals surface area contributed by atoms with E-state index in [1.807, 2.05) is 18.2 Å². The molecule has 3 aromatic rings.